The van der Waals surface area contributed by atoms with E-state index in [1.807, 2.05) is 25.1 Å². The normalized spacial score (nSPS) is 17.2. The first-order valence-electron chi connectivity index (χ1n) is 10.8. The van der Waals surface area contributed by atoms with E-state index < -0.39 is 6.10 Å². The van der Waals surface area contributed by atoms with E-state index >= 15 is 0 Å². The lowest BCUT2D eigenvalue weighted by Crippen LogP contribution is -2.49. The predicted molar refractivity (Wildman–Crippen MR) is 123 cm³/mol. The van der Waals surface area contributed by atoms with Gasteiger partial charge in [0.1, 0.15) is 18.5 Å². The van der Waals surface area contributed by atoms with Gasteiger partial charge in [-0.25, -0.2) is 0 Å². The van der Waals surface area contributed by atoms with E-state index in [9.17, 15) is 9.90 Å². The number of fused-ring (bicyclic) bond motifs is 1. The number of nitrogens with zero attached hydrogens (tertiary/aromatic N) is 2. The monoisotopic (exact) mass is 419 g/mol. The Balaban J connectivity index is 1.21. The van der Waals surface area contributed by atoms with Crippen molar-refractivity contribution in [1.82, 2.24) is 4.90 Å². The van der Waals surface area contributed by atoms with Gasteiger partial charge in [-0.2, -0.15) is 0 Å². The molecule has 2 aliphatic rings. The van der Waals surface area contributed by atoms with Gasteiger partial charge in [0.2, 0.25) is 5.91 Å². The van der Waals surface area contributed by atoms with Crippen LogP contribution in [0.25, 0.3) is 0 Å². The summed E-state index contributed by atoms with van der Waals surface area (Å²) in [4.78, 5) is 16.1. The molecule has 2 heterocycles. The average molecular weight is 420 g/mol. The summed E-state index contributed by atoms with van der Waals surface area (Å²) >= 11 is 0. The standard InChI is InChI=1S/C25H29N3O3/c1-2-3-19-4-7-21(8-5-19)28-14-12-27(13-15-28)17-22(29)18-31-23-9-10-24-20(16-23)6-11-25(30)26-24/h4-5,7-10,16,22,29H,6,11-15,17-18H2,1H3,(H,26,30)/t22-/m1/s1. The van der Waals surface area contributed by atoms with Crippen molar-refractivity contribution in [2.45, 2.75) is 25.9 Å². The first-order valence-corrected chi connectivity index (χ1v) is 10.8. The molecule has 0 radical (unpaired) electrons. The Morgan fingerprint density at radius 1 is 1.10 bits per heavy atom. The van der Waals surface area contributed by atoms with Gasteiger partial charge in [0.25, 0.3) is 0 Å². The third-order valence-electron chi connectivity index (χ3n) is 5.76. The fourth-order valence-electron chi connectivity index (χ4n) is 4.08. The molecule has 2 aliphatic heterocycles. The number of hydrogen-bond acceptors (Lipinski definition) is 5. The van der Waals surface area contributed by atoms with Crippen LogP contribution in [-0.2, 0) is 11.2 Å². The quantitative estimate of drug-likeness (QED) is 0.705. The van der Waals surface area contributed by atoms with Crippen LogP contribution in [0.3, 0.4) is 0 Å². The van der Waals surface area contributed by atoms with Gasteiger partial charge in [0.05, 0.1) is 0 Å². The molecule has 2 N–H and O–H groups in total. The Bertz CT molecular complexity index is 970. The Morgan fingerprint density at radius 3 is 2.61 bits per heavy atom. The molecule has 1 amide bonds. The van der Waals surface area contributed by atoms with E-state index in [2.05, 4.69) is 51.2 Å². The number of rotatable bonds is 6. The van der Waals surface area contributed by atoms with Crippen molar-refractivity contribution >= 4 is 17.3 Å². The number of carbonyl (C=O) groups excluding carboxylic acids is 1. The van der Waals surface area contributed by atoms with Crippen LogP contribution in [0.2, 0.25) is 0 Å². The summed E-state index contributed by atoms with van der Waals surface area (Å²) in [6.07, 6.45) is 0.677. The molecular weight excluding hydrogens is 390 g/mol. The number of hydrogen-bond donors (Lipinski definition) is 2. The molecule has 6 heteroatoms. The predicted octanol–water partition coefficient (Wildman–Crippen LogP) is 2.50. The number of aliphatic hydroxyl groups excluding tert-OH is 1. The molecular formula is C25H29N3O3. The number of amides is 1. The summed E-state index contributed by atoms with van der Waals surface area (Å²) in [5.74, 6) is 6.78. The fraction of sp³-hybridized carbons (Fsp3) is 0.400. The van der Waals surface area contributed by atoms with E-state index in [1.165, 1.54) is 5.69 Å². The van der Waals surface area contributed by atoms with Gasteiger partial charge in [0, 0.05) is 56.1 Å². The molecule has 0 aliphatic carbocycles. The zero-order chi connectivity index (χ0) is 21.6. The highest BCUT2D eigenvalue weighted by Gasteiger charge is 2.20. The largest absolute Gasteiger partial charge is 0.491 e. The number of β-amino-alcohol motifs (C(OH)–C–C–N with tert-alkyl or cyclic N) is 1. The molecule has 6 nitrogen and oxygen atoms in total. The van der Waals surface area contributed by atoms with E-state index in [4.69, 9.17) is 4.74 Å². The molecule has 0 spiro atoms. The first-order chi connectivity index (χ1) is 15.1. The maximum atomic E-state index is 11.5. The molecule has 0 bridgehead atoms. The van der Waals surface area contributed by atoms with E-state index in [0.29, 0.717) is 13.0 Å². The van der Waals surface area contributed by atoms with Crippen molar-refractivity contribution in [3.05, 3.63) is 53.6 Å². The van der Waals surface area contributed by atoms with Crippen LogP contribution in [0.4, 0.5) is 11.4 Å². The molecule has 2 aromatic rings. The van der Waals surface area contributed by atoms with Crippen molar-refractivity contribution < 1.29 is 14.6 Å². The molecule has 0 saturated carbocycles. The third kappa shape index (κ3) is 5.57. The van der Waals surface area contributed by atoms with Crippen molar-refractivity contribution in [1.29, 1.82) is 0 Å². The molecule has 31 heavy (non-hydrogen) atoms. The minimum atomic E-state index is -0.547. The molecule has 1 fully saturated rings. The fourth-order valence-corrected chi connectivity index (χ4v) is 4.08. The molecule has 0 unspecified atom stereocenters. The second-order valence-corrected chi connectivity index (χ2v) is 8.04. The second-order valence-electron chi connectivity index (χ2n) is 8.04. The van der Waals surface area contributed by atoms with Crippen LogP contribution < -0.4 is 15.0 Å². The number of carbonyl (C=O) groups is 1. The Morgan fingerprint density at radius 2 is 1.87 bits per heavy atom. The SMILES string of the molecule is CC#Cc1ccc(N2CCN(C[C@@H](O)COc3ccc4c(c3)CCC(=O)N4)CC2)cc1. The summed E-state index contributed by atoms with van der Waals surface area (Å²) in [5.41, 5.74) is 4.19. The third-order valence-corrected chi connectivity index (χ3v) is 5.76. The number of aliphatic hydroxyl groups is 1. The summed E-state index contributed by atoms with van der Waals surface area (Å²) in [5, 5.41) is 13.3. The van der Waals surface area contributed by atoms with Gasteiger partial charge >= 0.3 is 0 Å². The lowest BCUT2D eigenvalue weighted by molar-refractivity contribution is -0.116. The maximum Gasteiger partial charge on any atom is 0.224 e. The number of benzene rings is 2. The van der Waals surface area contributed by atoms with Crippen molar-refractivity contribution in [3.8, 4) is 17.6 Å². The van der Waals surface area contributed by atoms with Crippen LogP contribution in [0, 0.1) is 11.8 Å². The summed E-state index contributed by atoms with van der Waals surface area (Å²) in [6, 6.07) is 14.0. The minimum absolute atomic E-state index is 0.0551. The Kier molecular flexibility index (Phi) is 6.76. The number of nitrogens with one attached hydrogen (secondary N) is 1. The van der Waals surface area contributed by atoms with Gasteiger partial charge in [0.15, 0.2) is 0 Å². The van der Waals surface area contributed by atoms with Crippen LogP contribution in [0.15, 0.2) is 42.5 Å². The minimum Gasteiger partial charge on any atom is -0.491 e. The highest BCUT2D eigenvalue weighted by molar-refractivity contribution is 5.94. The molecule has 162 valence electrons. The van der Waals surface area contributed by atoms with Gasteiger partial charge < -0.3 is 20.1 Å². The topological polar surface area (TPSA) is 65.0 Å². The van der Waals surface area contributed by atoms with Crippen LogP contribution in [-0.4, -0.2) is 61.3 Å². The van der Waals surface area contributed by atoms with Crippen molar-refractivity contribution in [2.24, 2.45) is 0 Å². The summed E-state index contributed by atoms with van der Waals surface area (Å²) < 4.78 is 5.81. The molecule has 4 rings (SSSR count). The molecule has 1 saturated heterocycles. The number of anilines is 2. The maximum absolute atomic E-state index is 11.5. The summed E-state index contributed by atoms with van der Waals surface area (Å²) in [7, 11) is 0. The smallest absolute Gasteiger partial charge is 0.224 e. The molecule has 1 atom stereocenters. The van der Waals surface area contributed by atoms with E-state index in [-0.39, 0.29) is 12.5 Å². The van der Waals surface area contributed by atoms with Gasteiger partial charge in [-0.1, -0.05) is 5.92 Å². The number of piperazine rings is 1. The number of ether oxygens (including phenoxy) is 1. The van der Waals surface area contributed by atoms with E-state index in [0.717, 1.165) is 55.2 Å². The lowest BCUT2D eigenvalue weighted by Gasteiger charge is -2.36. The average Bonchev–Trinajstić information content (AvgIpc) is 2.79. The van der Waals surface area contributed by atoms with Crippen LogP contribution in [0.1, 0.15) is 24.5 Å². The highest BCUT2D eigenvalue weighted by atomic mass is 16.5. The zero-order valence-corrected chi connectivity index (χ0v) is 17.9. The molecule has 0 aromatic heterocycles. The zero-order valence-electron chi connectivity index (χ0n) is 17.9. The second kappa shape index (κ2) is 9.86. The van der Waals surface area contributed by atoms with Crippen molar-refractivity contribution in [2.75, 3.05) is 49.5 Å². The highest BCUT2D eigenvalue weighted by Crippen LogP contribution is 2.27. The molecule has 2 aromatic carbocycles. The van der Waals surface area contributed by atoms with Crippen molar-refractivity contribution in [3.63, 3.8) is 0 Å². The Hall–Kier alpha value is -3.01. The number of aryl methyl sites for hydroxylation is 1. The Labute approximate surface area is 183 Å². The van der Waals surface area contributed by atoms with Crippen LogP contribution >= 0.6 is 0 Å². The van der Waals surface area contributed by atoms with Gasteiger partial charge in [-0.05, 0) is 61.4 Å². The first kappa shape index (κ1) is 21.2. The van der Waals surface area contributed by atoms with E-state index in [1.54, 1.807) is 0 Å². The summed E-state index contributed by atoms with van der Waals surface area (Å²) in [6.45, 7) is 6.38. The van der Waals surface area contributed by atoms with Crippen LogP contribution in [0.5, 0.6) is 5.75 Å². The van der Waals surface area contributed by atoms with Gasteiger partial charge in [-0.3, -0.25) is 9.69 Å². The van der Waals surface area contributed by atoms with Gasteiger partial charge in [-0.15, -0.1) is 5.92 Å². The lowest BCUT2D eigenvalue weighted by atomic mass is 10.0.